The number of imidazole rings is 1. The molecule has 1 aliphatic rings. The van der Waals surface area contributed by atoms with Gasteiger partial charge in [0.15, 0.2) is 5.16 Å². The van der Waals surface area contributed by atoms with Gasteiger partial charge in [-0.2, -0.15) is 8.78 Å². The van der Waals surface area contributed by atoms with Gasteiger partial charge in [0.05, 0.1) is 11.0 Å². The summed E-state index contributed by atoms with van der Waals surface area (Å²) in [5, 5.41) is 3.14. The number of para-hydroxylation sites is 2. The molecule has 27 heavy (non-hydrogen) atoms. The van der Waals surface area contributed by atoms with E-state index >= 15 is 0 Å². The molecule has 2 aromatic carbocycles. The van der Waals surface area contributed by atoms with Crippen LogP contribution in [0.5, 0.6) is 0 Å². The average molecular weight is 387 g/mol. The van der Waals surface area contributed by atoms with Crippen molar-refractivity contribution in [1.82, 2.24) is 14.9 Å². The molecule has 0 aliphatic heterocycles. The molecule has 1 N–H and O–H groups in total. The van der Waals surface area contributed by atoms with E-state index in [1.165, 1.54) is 5.56 Å². The van der Waals surface area contributed by atoms with Gasteiger partial charge < -0.3 is 9.88 Å². The summed E-state index contributed by atoms with van der Waals surface area (Å²) < 4.78 is 27.3. The van der Waals surface area contributed by atoms with Crippen LogP contribution in [-0.2, 0) is 16.8 Å². The van der Waals surface area contributed by atoms with E-state index in [0.717, 1.165) is 12.8 Å². The van der Waals surface area contributed by atoms with E-state index in [-0.39, 0.29) is 23.0 Å². The van der Waals surface area contributed by atoms with Crippen molar-refractivity contribution in [2.75, 3.05) is 6.54 Å². The number of rotatable bonds is 7. The van der Waals surface area contributed by atoms with Crippen molar-refractivity contribution in [3.05, 3.63) is 60.2 Å². The molecule has 1 aromatic heterocycles. The van der Waals surface area contributed by atoms with Crippen LogP contribution in [0.4, 0.5) is 8.78 Å². The van der Waals surface area contributed by atoms with Crippen LogP contribution in [0.1, 0.15) is 18.4 Å². The molecular weight excluding hydrogens is 368 g/mol. The highest BCUT2D eigenvalue weighted by molar-refractivity contribution is 7.99. The molecular formula is C20H19F2N3OS. The highest BCUT2D eigenvalue weighted by atomic mass is 32.2. The summed E-state index contributed by atoms with van der Waals surface area (Å²) in [4.78, 5) is 16.8. The van der Waals surface area contributed by atoms with E-state index in [1.54, 1.807) is 22.8 Å². The van der Waals surface area contributed by atoms with E-state index in [4.69, 9.17) is 0 Å². The van der Waals surface area contributed by atoms with Crippen LogP contribution in [-0.4, -0.2) is 27.8 Å². The molecule has 1 amide bonds. The number of carbonyl (C=O) groups is 1. The summed E-state index contributed by atoms with van der Waals surface area (Å²) in [5.74, 6) is -2.78. The molecule has 3 aromatic rings. The first-order valence-corrected chi connectivity index (χ1v) is 9.68. The molecule has 1 fully saturated rings. The molecule has 0 bridgehead atoms. The summed E-state index contributed by atoms with van der Waals surface area (Å²) in [5.41, 5.74) is 2.53. The van der Waals surface area contributed by atoms with Gasteiger partial charge in [0, 0.05) is 12.0 Å². The zero-order chi connectivity index (χ0) is 18.9. The predicted molar refractivity (Wildman–Crippen MR) is 102 cm³/mol. The van der Waals surface area contributed by atoms with E-state index in [2.05, 4.69) is 22.4 Å². The minimum Gasteiger partial charge on any atom is -0.354 e. The van der Waals surface area contributed by atoms with Crippen molar-refractivity contribution in [1.29, 1.82) is 0 Å². The Morgan fingerprint density at radius 2 is 1.85 bits per heavy atom. The van der Waals surface area contributed by atoms with Crippen molar-refractivity contribution < 1.29 is 13.6 Å². The average Bonchev–Trinajstić information content (AvgIpc) is 3.39. The molecule has 0 radical (unpaired) electrons. The first-order chi connectivity index (χ1) is 13.1. The van der Waals surface area contributed by atoms with Crippen molar-refractivity contribution in [2.24, 2.45) is 0 Å². The van der Waals surface area contributed by atoms with Crippen LogP contribution in [0.25, 0.3) is 11.0 Å². The molecule has 140 valence electrons. The minimum atomic E-state index is -2.59. The Labute approximate surface area is 160 Å². The number of thioether (sulfide) groups is 1. The zero-order valence-corrected chi connectivity index (χ0v) is 15.4. The molecule has 0 unspecified atom stereocenters. The van der Waals surface area contributed by atoms with Gasteiger partial charge >= 0.3 is 0 Å². The Kier molecular flexibility index (Phi) is 4.86. The Morgan fingerprint density at radius 1 is 1.15 bits per heavy atom. The van der Waals surface area contributed by atoms with Gasteiger partial charge in [-0.15, -0.1) is 0 Å². The fraction of sp³-hybridized carbons (Fsp3) is 0.300. The third-order valence-electron chi connectivity index (χ3n) is 4.98. The normalized spacial score (nSPS) is 15.2. The molecule has 1 heterocycles. The lowest BCUT2D eigenvalue weighted by Crippen LogP contribution is -2.34. The van der Waals surface area contributed by atoms with Gasteiger partial charge in [0.25, 0.3) is 5.76 Å². The van der Waals surface area contributed by atoms with Crippen LogP contribution >= 0.6 is 11.8 Å². The summed E-state index contributed by atoms with van der Waals surface area (Å²) in [6.07, 6.45) is 2.08. The Balaban J connectivity index is 1.48. The maximum atomic E-state index is 12.9. The second-order valence-corrected chi connectivity index (χ2v) is 7.73. The number of benzene rings is 2. The highest BCUT2D eigenvalue weighted by Gasteiger charge is 2.44. The van der Waals surface area contributed by atoms with E-state index < -0.39 is 5.76 Å². The van der Waals surface area contributed by atoms with Crippen LogP contribution < -0.4 is 5.32 Å². The molecule has 0 spiro atoms. The second-order valence-electron chi connectivity index (χ2n) is 6.77. The predicted octanol–water partition coefficient (Wildman–Crippen LogP) is 4.20. The number of halogens is 2. The van der Waals surface area contributed by atoms with Crippen LogP contribution in [0.3, 0.4) is 0 Å². The lowest BCUT2D eigenvalue weighted by Gasteiger charge is -2.17. The number of carbonyl (C=O) groups excluding carboxylic acids is 1. The summed E-state index contributed by atoms with van der Waals surface area (Å²) in [6, 6.07) is 17.3. The Morgan fingerprint density at radius 3 is 2.56 bits per heavy atom. The largest absolute Gasteiger partial charge is 0.354 e. The summed E-state index contributed by atoms with van der Waals surface area (Å²) >= 11 is 0.364. The number of hydrogen-bond acceptors (Lipinski definition) is 3. The second kappa shape index (κ2) is 7.31. The van der Waals surface area contributed by atoms with Crippen molar-refractivity contribution in [2.45, 2.75) is 35.7 Å². The lowest BCUT2D eigenvalue weighted by atomic mass is 9.96. The Bertz CT molecular complexity index is 954. The zero-order valence-electron chi connectivity index (χ0n) is 14.6. The molecule has 0 saturated heterocycles. The van der Waals surface area contributed by atoms with E-state index in [0.29, 0.717) is 29.3 Å². The molecule has 1 saturated carbocycles. The van der Waals surface area contributed by atoms with E-state index in [1.807, 2.05) is 24.3 Å². The lowest BCUT2D eigenvalue weighted by molar-refractivity contribution is -0.121. The quantitative estimate of drug-likeness (QED) is 0.618. The van der Waals surface area contributed by atoms with Gasteiger partial charge in [-0.1, -0.05) is 42.5 Å². The summed E-state index contributed by atoms with van der Waals surface area (Å²) in [6.45, 7) is 0.528. The number of nitrogens with zero attached hydrogens (tertiary/aromatic N) is 2. The van der Waals surface area contributed by atoms with Gasteiger partial charge in [0.2, 0.25) is 5.91 Å². The number of alkyl halides is 2. The fourth-order valence-electron chi connectivity index (χ4n) is 3.35. The maximum absolute atomic E-state index is 12.9. The molecule has 7 heteroatoms. The van der Waals surface area contributed by atoms with Gasteiger partial charge in [0.1, 0.15) is 6.54 Å². The first kappa shape index (κ1) is 18.0. The van der Waals surface area contributed by atoms with Crippen LogP contribution in [0.2, 0.25) is 0 Å². The van der Waals surface area contributed by atoms with Crippen LogP contribution in [0.15, 0.2) is 59.8 Å². The third kappa shape index (κ3) is 3.83. The fourth-order valence-corrected chi connectivity index (χ4v) is 3.95. The molecule has 4 nitrogen and oxygen atoms in total. The molecule has 4 rings (SSSR count). The first-order valence-electron chi connectivity index (χ1n) is 8.80. The summed E-state index contributed by atoms with van der Waals surface area (Å²) in [7, 11) is 0. The van der Waals surface area contributed by atoms with Crippen LogP contribution in [0, 0.1) is 0 Å². The third-order valence-corrected chi connectivity index (χ3v) is 5.68. The van der Waals surface area contributed by atoms with Gasteiger partial charge in [-0.3, -0.25) is 4.79 Å². The Hall–Kier alpha value is -2.41. The van der Waals surface area contributed by atoms with Crippen molar-refractivity contribution in [3.8, 4) is 0 Å². The highest BCUT2D eigenvalue weighted by Crippen LogP contribution is 2.47. The number of nitrogens with one attached hydrogen (secondary N) is 1. The standard InChI is InChI=1S/C20H19F2N3OS/c21-18(22)27-19-24-15-8-4-5-9-16(15)25(19)12-17(26)23-13-20(10-11-20)14-6-2-1-3-7-14/h1-9,18H,10-13H2,(H,23,26). The number of fused-ring (bicyclic) bond motifs is 1. The number of hydrogen-bond donors (Lipinski definition) is 1. The minimum absolute atomic E-state index is 0.00841. The van der Waals surface area contributed by atoms with Gasteiger partial charge in [-0.25, -0.2) is 4.98 Å². The topological polar surface area (TPSA) is 46.9 Å². The molecule has 1 aliphatic carbocycles. The van der Waals surface area contributed by atoms with Gasteiger partial charge in [-0.05, 0) is 42.3 Å². The van der Waals surface area contributed by atoms with Crippen molar-refractivity contribution in [3.63, 3.8) is 0 Å². The van der Waals surface area contributed by atoms with E-state index in [9.17, 15) is 13.6 Å². The molecule has 0 atom stereocenters. The maximum Gasteiger partial charge on any atom is 0.291 e. The SMILES string of the molecule is O=C(Cn1c(SC(F)F)nc2ccccc21)NCC1(c2ccccc2)CC1. The number of amides is 1. The monoisotopic (exact) mass is 387 g/mol. The van der Waals surface area contributed by atoms with Crippen molar-refractivity contribution >= 4 is 28.7 Å². The number of aromatic nitrogens is 2. The smallest absolute Gasteiger partial charge is 0.291 e.